The van der Waals surface area contributed by atoms with Crippen molar-refractivity contribution in [3.63, 3.8) is 0 Å². The van der Waals surface area contributed by atoms with Crippen molar-refractivity contribution in [3.8, 4) is 0 Å². The van der Waals surface area contributed by atoms with Crippen molar-refractivity contribution in [1.29, 1.82) is 0 Å². The summed E-state index contributed by atoms with van der Waals surface area (Å²) in [6, 6.07) is 2.32. The van der Waals surface area contributed by atoms with Crippen LogP contribution >= 0.6 is 11.6 Å². The van der Waals surface area contributed by atoms with E-state index in [1.165, 1.54) is 19.3 Å². The lowest BCUT2D eigenvalue weighted by atomic mass is 10.00. The molecule has 1 aromatic rings. The summed E-state index contributed by atoms with van der Waals surface area (Å²) >= 11 is 6.05. The highest BCUT2D eigenvalue weighted by Gasteiger charge is 2.29. The van der Waals surface area contributed by atoms with E-state index < -0.39 is 0 Å². The Morgan fingerprint density at radius 2 is 2.43 bits per heavy atom. The molecule has 2 unspecified atom stereocenters. The largest absolute Gasteiger partial charge is 0.330 e. The predicted octanol–water partition coefficient (Wildman–Crippen LogP) is 2.23. The van der Waals surface area contributed by atoms with Gasteiger partial charge in [0.25, 0.3) is 0 Å². The molecule has 0 spiro atoms. The van der Waals surface area contributed by atoms with E-state index in [2.05, 4.69) is 5.10 Å². The monoisotopic (exact) mass is 213 g/mol. The molecule has 2 rings (SSSR count). The van der Waals surface area contributed by atoms with Crippen molar-refractivity contribution >= 4 is 11.6 Å². The van der Waals surface area contributed by atoms with Gasteiger partial charge in [-0.15, -0.1) is 0 Å². The van der Waals surface area contributed by atoms with Crippen LogP contribution in [0.4, 0.5) is 0 Å². The molecule has 1 aliphatic carbocycles. The Morgan fingerprint density at radius 1 is 1.57 bits per heavy atom. The zero-order valence-corrected chi connectivity index (χ0v) is 8.95. The predicted molar refractivity (Wildman–Crippen MR) is 57.3 cm³/mol. The molecule has 1 saturated carbocycles. The molecule has 3 nitrogen and oxygen atoms in total. The fourth-order valence-corrected chi connectivity index (χ4v) is 2.66. The van der Waals surface area contributed by atoms with Gasteiger partial charge in [-0.05, 0) is 37.8 Å². The first kappa shape index (κ1) is 9.99. The van der Waals surface area contributed by atoms with E-state index in [4.69, 9.17) is 17.3 Å². The van der Waals surface area contributed by atoms with Gasteiger partial charge >= 0.3 is 0 Å². The molecule has 0 radical (unpaired) electrons. The second kappa shape index (κ2) is 4.32. The SMILES string of the molecule is NCCC1CCCC1n1nccc1Cl. The van der Waals surface area contributed by atoms with E-state index >= 15 is 0 Å². The molecule has 0 amide bonds. The van der Waals surface area contributed by atoms with Crippen molar-refractivity contribution in [2.75, 3.05) is 6.54 Å². The van der Waals surface area contributed by atoms with Crippen molar-refractivity contribution in [1.82, 2.24) is 9.78 Å². The molecule has 1 aliphatic rings. The Morgan fingerprint density at radius 3 is 3.07 bits per heavy atom. The third-order valence-electron chi connectivity index (χ3n) is 3.09. The maximum atomic E-state index is 6.05. The Hall–Kier alpha value is -0.540. The normalized spacial score (nSPS) is 27.0. The maximum absolute atomic E-state index is 6.05. The number of hydrogen-bond donors (Lipinski definition) is 1. The van der Waals surface area contributed by atoms with Crippen LogP contribution < -0.4 is 5.73 Å². The van der Waals surface area contributed by atoms with Crippen molar-refractivity contribution in [3.05, 3.63) is 17.4 Å². The van der Waals surface area contributed by atoms with Gasteiger partial charge in [0.05, 0.1) is 12.2 Å². The summed E-state index contributed by atoms with van der Waals surface area (Å²) in [5.41, 5.74) is 5.60. The molecule has 1 fully saturated rings. The van der Waals surface area contributed by atoms with E-state index in [9.17, 15) is 0 Å². The standard InChI is InChI=1S/C10H16ClN3/c11-10-5-7-13-14(10)9-3-1-2-8(9)4-6-12/h5,7-9H,1-4,6,12H2. The summed E-state index contributed by atoms with van der Waals surface area (Å²) in [5, 5.41) is 5.02. The summed E-state index contributed by atoms with van der Waals surface area (Å²) in [4.78, 5) is 0. The fraction of sp³-hybridized carbons (Fsp3) is 0.700. The van der Waals surface area contributed by atoms with Crippen LogP contribution in [-0.4, -0.2) is 16.3 Å². The third kappa shape index (κ3) is 1.79. The van der Waals surface area contributed by atoms with Gasteiger partial charge in [-0.3, -0.25) is 4.68 Å². The number of nitrogens with zero attached hydrogens (tertiary/aromatic N) is 2. The molecule has 2 atom stereocenters. The first-order chi connectivity index (χ1) is 6.83. The van der Waals surface area contributed by atoms with Gasteiger partial charge in [-0.1, -0.05) is 18.0 Å². The van der Waals surface area contributed by atoms with Crippen molar-refractivity contribution in [2.24, 2.45) is 11.7 Å². The molecule has 0 saturated heterocycles. The average molecular weight is 214 g/mol. The summed E-state index contributed by atoms with van der Waals surface area (Å²) in [6.07, 6.45) is 6.57. The molecule has 1 aromatic heterocycles. The zero-order valence-electron chi connectivity index (χ0n) is 8.19. The van der Waals surface area contributed by atoms with E-state index in [-0.39, 0.29) is 0 Å². The first-order valence-electron chi connectivity index (χ1n) is 5.22. The number of halogens is 1. The van der Waals surface area contributed by atoms with E-state index in [0.29, 0.717) is 12.0 Å². The molecule has 0 aromatic carbocycles. The molecule has 78 valence electrons. The van der Waals surface area contributed by atoms with Gasteiger partial charge < -0.3 is 5.73 Å². The molecular formula is C10H16ClN3. The van der Waals surface area contributed by atoms with Crippen LogP contribution in [0.3, 0.4) is 0 Å². The molecule has 0 aliphatic heterocycles. The third-order valence-corrected chi connectivity index (χ3v) is 3.39. The Kier molecular flexibility index (Phi) is 3.08. The molecule has 1 heterocycles. The van der Waals surface area contributed by atoms with Gasteiger partial charge in [0.1, 0.15) is 5.15 Å². The van der Waals surface area contributed by atoms with Crippen LogP contribution in [0.2, 0.25) is 5.15 Å². The lowest BCUT2D eigenvalue weighted by Gasteiger charge is -2.20. The van der Waals surface area contributed by atoms with Crippen LogP contribution in [0.25, 0.3) is 0 Å². The lowest BCUT2D eigenvalue weighted by Crippen LogP contribution is -2.18. The Bertz CT molecular complexity index is 297. The second-order valence-electron chi connectivity index (χ2n) is 3.93. The highest BCUT2D eigenvalue weighted by molar-refractivity contribution is 6.29. The van der Waals surface area contributed by atoms with Gasteiger partial charge in [0.15, 0.2) is 0 Å². The Labute approximate surface area is 89.2 Å². The van der Waals surface area contributed by atoms with Crippen LogP contribution in [-0.2, 0) is 0 Å². The topological polar surface area (TPSA) is 43.8 Å². The van der Waals surface area contributed by atoms with Crippen LogP contribution in [0.1, 0.15) is 31.7 Å². The highest BCUT2D eigenvalue weighted by atomic mass is 35.5. The van der Waals surface area contributed by atoms with Crippen LogP contribution in [0, 0.1) is 5.92 Å². The zero-order chi connectivity index (χ0) is 9.97. The number of rotatable bonds is 3. The quantitative estimate of drug-likeness (QED) is 0.837. The van der Waals surface area contributed by atoms with Gasteiger partial charge in [0, 0.05) is 0 Å². The summed E-state index contributed by atoms with van der Waals surface area (Å²) in [7, 11) is 0. The minimum Gasteiger partial charge on any atom is -0.330 e. The maximum Gasteiger partial charge on any atom is 0.127 e. The Balaban J connectivity index is 2.13. The van der Waals surface area contributed by atoms with Gasteiger partial charge in [0.2, 0.25) is 0 Å². The lowest BCUT2D eigenvalue weighted by molar-refractivity contribution is 0.338. The second-order valence-corrected chi connectivity index (χ2v) is 4.32. The minimum atomic E-state index is 0.473. The first-order valence-corrected chi connectivity index (χ1v) is 5.60. The molecule has 14 heavy (non-hydrogen) atoms. The van der Waals surface area contributed by atoms with E-state index in [1.54, 1.807) is 6.20 Å². The molecule has 2 N–H and O–H groups in total. The van der Waals surface area contributed by atoms with Gasteiger partial charge in [-0.25, -0.2) is 0 Å². The van der Waals surface area contributed by atoms with Crippen molar-refractivity contribution < 1.29 is 0 Å². The van der Waals surface area contributed by atoms with Gasteiger partial charge in [-0.2, -0.15) is 5.10 Å². The molecular weight excluding hydrogens is 198 g/mol. The number of hydrogen-bond acceptors (Lipinski definition) is 2. The van der Waals surface area contributed by atoms with Crippen LogP contribution in [0.15, 0.2) is 12.3 Å². The molecule has 0 bridgehead atoms. The smallest absolute Gasteiger partial charge is 0.127 e. The average Bonchev–Trinajstić information content (AvgIpc) is 2.74. The highest BCUT2D eigenvalue weighted by Crippen LogP contribution is 2.38. The summed E-state index contributed by atoms with van der Waals surface area (Å²) < 4.78 is 1.95. The van der Waals surface area contributed by atoms with E-state index in [1.807, 2.05) is 10.7 Å². The van der Waals surface area contributed by atoms with Crippen molar-refractivity contribution in [2.45, 2.75) is 31.7 Å². The summed E-state index contributed by atoms with van der Waals surface area (Å²) in [6.45, 7) is 0.764. The number of nitrogens with two attached hydrogens (primary N) is 1. The summed E-state index contributed by atoms with van der Waals surface area (Å²) in [5.74, 6) is 0.664. The number of aromatic nitrogens is 2. The molecule has 4 heteroatoms. The minimum absolute atomic E-state index is 0.473. The van der Waals surface area contributed by atoms with E-state index in [0.717, 1.165) is 18.1 Å². The van der Waals surface area contributed by atoms with Crippen LogP contribution in [0.5, 0.6) is 0 Å². The fourth-order valence-electron chi connectivity index (χ4n) is 2.43.